The molecule has 1 aliphatic heterocycles. The number of hydrogen-bond donors (Lipinski definition) is 1. The molecule has 0 saturated heterocycles. The lowest BCUT2D eigenvalue weighted by atomic mass is 10.1. The molecule has 1 heterocycles. The van der Waals surface area contributed by atoms with Gasteiger partial charge < -0.3 is 19.9 Å². The van der Waals surface area contributed by atoms with Crippen molar-refractivity contribution in [1.82, 2.24) is 0 Å². The van der Waals surface area contributed by atoms with E-state index in [9.17, 15) is 9.59 Å². The lowest BCUT2D eigenvalue weighted by Crippen LogP contribution is -2.45. The lowest BCUT2D eigenvalue weighted by molar-refractivity contribution is -0.118. The van der Waals surface area contributed by atoms with Crippen LogP contribution in [-0.4, -0.2) is 31.5 Å². The van der Waals surface area contributed by atoms with Crippen LogP contribution in [0.2, 0.25) is 0 Å². The maximum absolute atomic E-state index is 13.6. The molecule has 164 valence electrons. The molecule has 1 N–H and O–H groups in total. The van der Waals surface area contributed by atoms with Crippen LogP contribution in [0, 0.1) is 0 Å². The molecule has 0 saturated carbocycles. The van der Waals surface area contributed by atoms with Crippen molar-refractivity contribution in [1.29, 1.82) is 0 Å². The minimum atomic E-state index is -0.249. The molecule has 1 aliphatic rings. The molecule has 0 spiro atoms. The number of nitrogens with one attached hydrogen (secondary N) is 1. The largest absolute Gasteiger partial charge is 0.497 e. The van der Waals surface area contributed by atoms with Gasteiger partial charge in [-0.15, -0.1) is 0 Å². The van der Waals surface area contributed by atoms with E-state index in [-0.39, 0.29) is 30.8 Å². The number of carbonyl (C=O) groups excluding carboxylic acids is 2. The molecule has 0 radical (unpaired) electrons. The van der Waals surface area contributed by atoms with Crippen LogP contribution in [0.1, 0.15) is 18.9 Å². The summed E-state index contributed by atoms with van der Waals surface area (Å²) >= 11 is 0. The highest BCUT2D eigenvalue weighted by molar-refractivity contribution is 6.05. The van der Waals surface area contributed by atoms with Crippen LogP contribution >= 0.6 is 0 Å². The number of rotatable bonds is 6. The number of nitrogens with zero attached hydrogens (tertiary/aromatic N) is 2. The monoisotopic (exact) mass is 429 g/mol. The summed E-state index contributed by atoms with van der Waals surface area (Å²) in [7, 11) is 1.63. The Morgan fingerprint density at radius 3 is 2.44 bits per heavy atom. The fourth-order valence-electron chi connectivity index (χ4n) is 4.04. The van der Waals surface area contributed by atoms with Gasteiger partial charge >= 0.3 is 0 Å². The quantitative estimate of drug-likeness (QED) is 0.628. The molecular weight excluding hydrogens is 402 g/mol. The van der Waals surface area contributed by atoms with Crippen molar-refractivity contribution in [3.63, 3.8) is 0 Å². The first-order chi connectivity index (χ1) is 15.5. The summed E-state index contributed by atoms with van der Waals surface area (Å²) in [5.74, 6) is 0.615. The second kappa shape index (κ2) is 9.56. The molecule has 0 aromatic heterocycles. The third-order valence-corrected chi connectivity index (χ3v) is 5.61. The highest BCUT2D eigenvalue weighted by Gasteiger charge is 2.30. The Balaban J connectivity index is 1.65. The minimum absolute atomic E-state index is 0.0619. The van der Waals surface area contributed by atoms with Gasteiger partial charge in [0.15, 0.2) is 0 Å². The lowest BCUT2D eigenvalue weighted by Gasteiger charge is -2.32. The Morgan fingerprint density at radius 1 is 1.03 bits per heavy atom. The van der Waals surface area contributed by atoms with Crippen LogP contribution < -0.4 is 19.9 Å². The van der Waals surface area contributed by atoms with E-state index in [1.807, 2.05) is 90.7 Å². The van der Waals surface area contributed by atoms with Gasteiger partial charge in [0.2, 0.25) is 11.8 Å². The van der Waals surface area contributed by atoms with Crippen molar-refractivity contribution < 1.29 is 14.3 Å². The van der Waals surface area contributed by atoms with Crippen LogP contribution in [0.5, 0.6) is 5.75 Å². The third kappa shape index (κ3) is 4.75. The van der Waals surface area contributed by atoms with Crippen LogP contribution in [-0.2, 0) is 16.1 Å². The second-order valence-electron chi connectivity index (χ2n) is 7.92. The molecule has 0 aliphatic carbocycles. The molecule has 6 heteroatoms. The van der Waals surface area contributed by atoms with Gasteiger partial charge in [-0.05, 0) is 48.9 Å². The zero-order valence-electron chi connectivity index (χ0n) is 18.3. The summed E-state index contributed by atoms with van der Waals surface area (Å²) < 4.78 is 5.29. The van der Waals surface area contributed by atoms with Crippen molar-refractivity contribution in [2.24, 2.45) is 0 Å². The van der Waals surface area contributed by atoms with Crippen LogP contribution in [0.15, 0.2) is 78.9 Å². The summed E-state index contributed by atoms with van der Waals surface area (Å²) in [6.07, 6.45) is 0.252. The smallest absolute Gasteiger partial charge is 0.246 e. The Bertz CT molecular complexity index is 1080. The van der Waals surface area contributed by atoms with Crippen LogP contribution in [0.25, 0.3) is 0 Å². The number of benzene rings is 3. The summed E-state index contributed by atoms with van der Waals surface area (Å²) in [5, 5.41) is 2.91. The summed E-state index contributed by atoms with van der Waals surface area (Å²) in [4.78, 5) is 29.7. The van der Waals surface area contributed by atoms with Gasteiger partial charge in [0.05, 0.1) is 25.0 Å². The molecule has 0 fully saturated rings. The summed E-state index contributed by atoms with van der Waals surface area (Å²) in [5.41, 5.74) is 3.42. The fraction of sp³-hybridized carbons (Fsp3) is 0.231. The number of carbonyl (C=O) groups is 2. The maximum atomic E-state index is 13.6. The number of amides is 2. The number of ether oxygens (including phenoxy) is 1. The van der Waals surface area contributed by atoms with E-state index >= 15 is 0 Å². The number of para-hydroxylation sites is 2. The van der Waals surface area contributed by atoms with E-state index < -0.39 is 0 Å². The van der Waals surface area contributed by atoms with E-state index in [0.29, 0.717) is 12.2 Å². The molecule has 3 aromatic carbocycles. The minimum Gasteiger partial charge on any atom is -0.497 e. The molecule has 1 unspecified atom stereocenters. The van der Waals surface area contributed by atoms with E-state index in [1.54, 1.807) is 12.0 Å². The van der Waals surface area contributed by atoms with Gasteiger partial charge in [-0.2, -0.15) is 0 Å². The van der Waals surface area contributed by atoms with Crippen LogP contribution in [0.4, 0.5) is 17.1 Å². The first-order valence-corrected chi connectivity index (χ1v) is 10.7. The maximum Gasteiger partial charge on any atom is 0.246 e. The molecule has 6 nitrogen and oxygen atoms in total. The van der Waals surface area contributed by atoms with E-state index in [2.05, 4.69) is 5.32 Å². The van der Waals surface area contributed by atoms with Gasteiger partial charge in [-0.3, -0.25) is 9.59 Å². The highest BCUT2D eigenvalue weighted by Crippen LogP contribution is 2.32. The molecule has 32 heavy (non-hydrogen) atoms. The predicted octanol–water partition coefficient (Wildman–Crippen LogP) is 4.47. The van der Waals surface area contributed by atoms with E-state index in [1.165, 1.54) is 0 Å². The Morgan fingerprint density at radius 2 is 1.72 bits per heavy atom. The van der Waals surface area contributed by atoms with Crippen molar-refractivity contribution in [3.8, 4) is 5.75 Å². The first kappa shape index (κ1) is 21.4. The zero-order valence-corrected chi connectivity index (χ0v) is 18.3. The van der Waals surface area contributed by atoms with Gasteiger partial charge in [-0.1, -0.05) is 42.5 Å². The van der Waals surface area contributed by atoms with Crippen molar-refractivity contribution >= 4 is 28.9 Å². The molecule has 0 bridgehead atoms. The van der Waals surface area contributed by atoms with Crippen molar-refractivity contribution in [2.75, 3.05) is 28.8 Å². The summed E-state index contributed by atoms with van der Waals surface area (Å²) in [6, 6.07) is 25.0. The van der Waals surface area contributed by atoms with Gasteiger partial charge in [0, 0.05) is 24.7 Å². The summed E-state index contributed by atoms with van der Waals surface area (Å²) in [6.45, 7) is 2.67. The standard InChI is InChI=1S/C26H27N3O3/c1-19-16-25(30)27-23-10-6-7-11-24(23)29(19)26(31)18-28(17-20-8-4-3-5-9-20)21-12-14-22(32-2)15-13-21/h3-15,19H,16-18H2,1-2H3,(H,27,30). The number of methoxy groups -OCH3 is 1. The third-order valence-electron chi connectivity index (χ3n) is 5.61. The first-order valence-electron chi connectivity index (χ1n) is 10.7. The van der Waals surface area contributed by atoms with Crippen molar-refractivity contribution in [3.05, 3.63) is 84.4 Å². The molecular formula is C26H27N3O3. The SMILES string of the molecule is COc1ccc(N(CC(=O)N2c3ccccc3NC(=O)CC2C)Cc2ccccc2)cc1. The average Bonchev–Trinajstić information content (AvgIpc) is 2.93. The van der Waals surface area contributed by atoms with Crippen molar-refractivity contribution in [2.45, 2.75) is 25.9 Å². The Kier molecular flexibility index (Phi) is 6.40. The fourth-order valence-corrected chi connectivity index (χ4v) is 4.04. The molecule has 1 atom stereocenters. The number of hydrogen-bond acceptors (Lipinski definition) is 4. The molecule has 4 rings (SSSR count). The Hall–Kier alpha value is -3.80. The van der Waals surface area contributed by atoms with E-state index in [4.69, 9.17) is 4.74 Å². The zero-order chi connectivity index (χ0) is 22.5. The van der Waals surface area contributed by atoms with Gasteiger partial charge in [0.1, 0.15) is 5.75 Å². The molecule has 2 amide bonds. The van der Waals surface area contributed by atoms with Gasteiger partial charge in [0.25, 0.3) is 0 Å². The predicted molar refractivity (Wildman–Crippen MR) is 127 cm³/mol. The number of fused-ring (bicyclic) bond motifs is 1. The molecule has 3 aromatic rings. The highest BCUT2D eigenvalue weighted by atomic mass is 16.5. The Labute approximate surface area is 188 Å². The van der Waals surface area contributed by atoms with Crippen LogP contribution in [0.3, 0.4) is 0 Å². The average molecular weight is 430 g/mol. The number of anilines is 3. The normalized spacial score (nSPS) is 15.4. The second-order valence-corrected chi connectivity index (χ2v) is 7.92. The topological polar surface area (TPSA) is 61.9 Å². The van der Waals surface area contributed by atoms with Gasteiger partial charge in [-0.25, -0.2) is 0 Å². The van der Waals surface area contributed by atoms with E-state index in [0.717, 1.165) is 22.7 Å².